The second kappa shape index (κ2) is 5.89. The van der Waals surface area contributed by atoms with Crippen LogP contribution in [0.4, 0.5) is 4.79 Å². The van der Waals surface area contributed by atoms with Gasteiger partial charge in [-0.15, -0.1) is 0 Å². The molecule has 1 aromatic carbocycles. The minimum Gasteiger partial charge on any atom is -0.384 e. The number of benzene rings is 1. The number of urea groups is 1. The summed E-state index contributed by atoms with van der Waals surface area (Å²) in [6.07, 6.45) is 5.88. The second-order valence-corrected chi connectivity index (χ2v) is 5.11. The van der Waals surface area contributed by atoms with E-state index in [-0.39, 0.29) is 18.6 Å². The van der Waals surface area contributed by atoms with Gasteiger partial charge < -0.3 is 15.7 Å². The molecule has 0 saturated carbocycles. The molecule has 4 heteroatoms. The Hall–Kier alpha value is -1.81. The molecule has 1 atom stereocenters. The minimum atomic E-state index is -1.06. The van der Waals surface area contributed by atoms with Gasteiger partial charge in [0.2, 0.25) is 0 Å². The van der Waals surface area contributed by atoms with Gasteiger partial charge in [0, 0.05) is 6.04 Å². The fourth-order valence-corrected chi connectivity index (χ4v) is 2.12. The standard InChI is InChI=1S/C15H20N2O2/c1-15(19,12-7-3-2-4-8-12)11-16-14(18)17-13-9-5-6-10-13/h2-8,13,19H,9-11H2,1H3,(H2,16,17,18). The molecule has 0 heterocycles. The van der Waals surface area contributed by atoms with Crippen LogP contribution in [0.25, 0.3) is 0 Å². The van der Waals surface area contributed by atoms with E-state index < -0.39 is 5.60 Å². The number of nitrogens with one attached hydrogen (secondary N) is 2. The fraction of sp³-hybridized carbons (Fsp3) is 0.400. The van der Waals surface area contributed by atoms with Crippen molar-refractivity contribution in [2.75, 3.05) is 6.54 Å². The van der Waals surface area contributed by atoms with E-state index in [1.807, 2.05) is 30.3 Å². The smallest absolute Gasteiger partial charge is 0.315 e. The lowest BCUT2D eigenvalue weighted by atomic mass is 9.96. The van der Waals surface area contributed by atoms with E-state index >= 15 is 0 Å². The van der Waals surface area contributed by atoms with E-state index in [4.69, 9.17) is 0 Å². The van der Waals surface area contributed by atoms with Gasteiger partial charge in [-0.3, -0.25) is 0 Å². The zero-order valence-electron chi connectivity index (χ0n) is 11.1. The van der Waals surface area contributed by atoms with Crippen molar-refractivity contribution in [3.63, 3.8) is 0 Å². The van der Waals surface area contributed by atoms with Crippen LogP contribution in [0.15, 0.2) is 42.5 Å². The van der Waals surface area contributed by atoms with Gasteiger partial charge in [-0.2, -0.15) is 0 Å². The highest BCUT2D eigenvalue weighted by molar-refractivity contribution is 5.74. The topological polar surface area (TPSA) is 61.4 Å². The highest BCUT2D eigenvalue weighted by Crippen LogP contribution is 2.18. The molecule has 0 spiro atoms. The lowest BCUT2D eigenvalue weighted by Gasteiger charge is -2.24. The predicted octanol–water partition coefficient (Wildman–Crippen LogP) is 1.91. The Morgan fingerprint density at radius 3 is 2.58 bits per heavy atom. The van der Waals surface area contributed by atoms with E-state index in [0.29, 0.717) is 0 Å². The minimum absolute atomic E-state index is 0.182. The Bertz CT molecular complexity index is 446. The first-order valence-corrected chi connectivity index (χ1v) is 6.55. The molecule has 0 aliphatic heterocycles. The summed E-state index contributed by atoms with van der Waals surface area (Å²) in [7, 11) is 0. The Morgan fingerprint density at radius 1 is 1.32 bits per heavy atom. The molecule has 2 rings (SSSR count). The van der Waals surface area contributed by atoms with Crippen molar-refractivity contribution in [1.29, 1.82) is 0 Å². The monoisotopic (exact) mass is 260 g/mol. The second-order valence-electron chi connectivity index (χ2n) is 5.11. The molecule has 1 aliphatic rings. The molecule has 0 radical (unpaired) electrons. The average molecular weight is 260 g/mol. The number of rotatable bonds is 4. The van der Waals surface area contributed by atoms with Crippen LogP contribution in [0.1, 0.15) is 25.3 Å². The van der Waals surface area contributed by atoms with Gasteiger partial charge in [-0.05, 0) is 25.3 Å². The first kappa shape index (κ1) is 13.6. The van der Waals surface area contributed by atoms with E-state index in [1.165, 1.54) is 0 Å². The van der Waals surface area contributed by atoms with Gasteiger partial charge >= 0.3 is 6.03 Å². The predicted molar refractivity (Wildman–Crippen MR) is 74.7 cm³/mol. The van der Waals surface area contributed by atoms with Gasteiger partial charge in [-0.25, -0.2) is 4.79 Å². The van der Waals surface area contributed by atoms with Gasteiger partial charge in [0.1, 0.15) is 5.60 Å². The zero-order valence-corrected chi connectivity index (χ0v) is 11.1. The van der Waals surface area contributed by atoms with Crippen molar-refractivity contribution >= 4 is 6.03 Å². The van der Waals surface area contributed by atoms with E-state index in [9.17, 15) is 9.90 Å². The molecule has 0 saturated heterocycles. The summed E-state index contributed by atoms with van der Waals surface area (Å²) in [4.78, 5) is 11.7. The van der Waals surface area contributed by atoms with Gasteiger partial charge in [-0.1, -0.05) is 42.5 Å². The van der Waals surface area contributed by atoms with E-state index in [0.717, 1.165) is 18.4 Å². The quantitative estimate of drug-likeness (QED) is 0.724. The van der Waals surface area contributed by atoms with Crippen molar-refractivity contribution < 1.29 is 9.90 Å². The molecule has 4 nitrogen and oxygen atoms in total. The molecule has 0 bridgehead atoms. The SMILES string of the molecule is CC(O)(CNC(=O)NC1CC=CC1)c1ccccc1. The Morgan fingerprint density at radius 2 is 1.95 bits per heavy atom. The average Bonchev–Trinajstić information content (AvgIpc) is 2.90. The molecule has 102 valence electrons. The third-order valence-corrected chi connectivity index (χ3v) is 3.33. The third-order valence-electron chi connectivity index (χ3n) is 3.33. The fourth-order valence-electron chi connectivity index (χ4n) is 2.12. The first-order valence-electron chi connectivity index (χ1n) is 6.55. The Balaban J connectivity index is 1.82. The molecule has 1 unspecified atom stereocenters. The zero-order chi connectivity index (χ0) is 13.7. The van der Waals surface area contributed by atoms with Crippen molar-refractivity contribution in [2.24, 2.45) is 0 Å². The maximum atomic E-state index is 11.7. The van der Waals surface area contributed by atoms with Gasteiger partial charge in [0.05, 0.1) is 6.54 Å². The molecule has 3 N–H and O–H groups in total. The van der Waals surface area contributed by atoms with Crippen molar-refractivity contribution in [1.82, 2.24) is 10.6 Å². The van der Waals surface area contributed by atoms with Gasteiger partial charge in [0.15, 0.2) is 0 Å². The van der Waals surface area contributed by atoms with Crippen molar-refractivity contribution in [2.45, 2.75) is 31.4 Å². The summed E-state index contributed by atoms with van der Waals surface area (Å²) in [6, 6.07) is 9.28. The van der Waals surface area contributed by atoms with Crippen LogP contribution in [-0.2, 0) is 5.60 Å². The largest absolute Gasteiger partial charge is 0.384 e. The van der Waals surface area contributed by atoms with Crippen LogP contribution in [0.3, 0.4) is 0 Å². The molecule has 1 aliphatic carbocycles. The molecule has 0 fully saturated rings. The maximum absolute atomic E-state index is 11.7. The van der Waals surface area contributed by atoms with Crippen LogP contribution in [-0.4, -0.2) is 23.7 Å². The van der Waals surface area contributed by atoms with E-state index in [1.54, 1.807) is 6.92 Å². The molecule has 0 aromatic heterocycles. The molecule has 19 heavy (non-hydrogen) atoms. The molecule has 1 aromatic rings. The van der Waals surface area contributed by atoms with E-state index in [2.05, 4.69) is 22.8 Å². The number of hydrogen-bond donors (Lipinski definition) is 3. The summed E-state index contributed by atoms with van der Waals surface area (Å²) < 4.78 is 0. The highest BCUT2D eigenvalue weighted by atomic mass is 16.3. The Labute approximate surface area is 113 Å². The van der Waals surface area contributed by atoms with Crippen LogP contribution in [0, 0.1) is 0 Å². The van der Waals surface area contributed by atoms with Crippen LogP contribution >= 0.6 is 0 Å². The lowest BCUT2D eigenvalue weighted by Crippen LogP contribution is -2.46. The maximum Gasteiger partial charge on any atom is 0.315 e. The molecule has 2 amide bonds. The number of aliphatic hydroxyl groups is 1. The Kier molecular flexibility index (Phi) is 4.22. The molecular weight excluding hydrogens is 240 g/mol. The summed E-state index contributed by atoms with van der Waals surface area (Å²) in [5.74, 6) is 0. The summed E-state index contributed by atoms with van der Waals surface area (Å²) in [6.45, 7) is 1.88. The normalized spacial score (nSPS) is 18.0. The van der Waals surface area contributed by atoms with Crippen LogP contribution in [0.5, 0.6) is 0 Å². The van der Waals surface area contributed by atoms with Crippen molar-refractivity contribution in [3.05, 3.63) is 48.0 Å². The number of carbonyl (C=O) groups is 1. The van der Waals surface area contributed by atoms with Gasteiger partial charge in [0.25, 0.3) is 0 Å². The lowest BCUT2D eigenvalue weighted by molar-refractivity contribution is 0.0593. The molecular formula is C15H20N2O2. The number of hydrogen-bond acceptors (Lipinski definition) is 2. The highest BCUT2D eigenvalue weighted by Gasteiger charge is 2.24. The third kappa shape index (κ3) is 3.83. The van der Waals surface area contributed by atoms with Crippen LogP contribution in [0.2, 0.25) is 0 Å². The number of amides is 2. The van der Waals surface area contributed by atoms with Crippen molar-refractivity contribution in [3.8, 4) is 0 Å². The summed E-state index contributed by atoms with van der Waals surface area (Å²) in [5, 5.41) is 15.9. The summed E-state index contributed by atoms with van der Waals surface area (Å²) in [5.41, 5.74) is -0.273. The summed E-state index contributed by atoms with van der Waals surface area (Å²) >= 11 is 0. The van der Waals surface area contributed by atoms with Crippen LogP contribution < -0.4 is 10.6 Å². The number of carbonyl (C=O) groups excluding carboxylic acids is 1. The first-order chi connectivity index (χ1) is 9.08.